The maximum absolute atomic E-state index is 11.6. The molecule has 8 nitrogen and oxygen atoms in total. The lowest BCUT2D eigenvalue weighted by Crippen LogP contribution is -2.10. The van der Waals surface area contributed by atoms with Crippen LogP contribution in [0.15, 0.2) is 30.3 Å². The standard InChI is InChI=1S/C23H26O8/c1-13(9-17-7-8-19(27-5)22(10-17)30-15(3)25)18-11-23(31-16(4)26)21(28-6)12-20(18)29-14(2)24/h7-8,10-13H,9H2,1-6H3/t13-/m1/s1. The summed E-state index contributed by atoms with van der Waals surface area (Å²) in [4.78, 5) is 34.5. The number of benzene rings is 2. The Morgan fingerprint density at radius 3 is 1.74 bits per heavy atom. The zero-order valence-electron chi connectivity index (χ0n) is 18.4. The molecule has 31 heavy (non-hydrogen) atoms. The van der Waals surface area contributed by atoms with Crippen LogP contribution in [0.25, 0.3) is 0 Å². The van der Waals surface area contributed by atoms with Gasteiger partial charge in [-0.25, -0.2) is 0 Å². The predicted molar refractivity (Wildman–Crippen MR) is 112 cm³/mol. The molecule has 0 amide bonds. The molecule has 166 valence electrons. The third kappa shape index (κ3) is 6.47. The van der Waals surface area contributed by atoms with Crippen molar-refractivity contribution >= 4 is 17.9 Å². The van der Waals surface area contributed by atoms with Crippen LogP contribution >= 0.6 is 0 Å². The monoisotopic (exact) mass is 430 g/mol. The maximum atomic E-state index is 11.6. The Kier molecular flexibility index (Phi) is 8.01. The average Bonchev–Trinajstić information content (AvgIpc) is 2.67. The molecule has 0 aliphatic rings. The lowest BCUT2D eigenvalue weighted by atomic mass is 9.92. The molecule has 0 radical (unpaired) electrons. The number of carbonyl (C=O) groups excluding carboxylic acids is 3. The normalized spacial score (nSPS) is 11.3. The number of hydrogen-bond donors (Lipinski definition) is 0. The van der Waals surface area contributed by atoms with Crippen LogP contribution in [0.4, 0.5) is 0 Å². The first-order valence-corrected chi connectivity index (χ1v) is 9.58. The highest BCUT2D eigenvalue weighted by molar-refractivity contribution is 5.73. The fraction of sp³-hybridized carbons (Fsp3) is 0.348. The lowest BCUT2D eigenvalue weighted by Gasteiger charge is -2.19. The van der Waals surface area contributed by atoms with Crippen LogP contribution in [0.5, 0.6) is 28.7 Å². The molecule has 0 aliphatic heterocycles. The molecule has 0 spiro atoms. The lowest BCUT2D eigenvalue weighted by molar-refractivity contribution is -0.133. The second-order valence-electron chi connectivity index (χ2n) is 6.91. The molecular formula is C23H26O8. The molecule has 0 heterocycles. The number of esters is 3. The molecule has 2 aromatic rings. The molecule has 0 bridgehead atoms. The molecule has 1 atom stereocenters. The number of carbonyl (C=O) groups is 3. The van der Waals surface area contributed by atoms with E-state index in [0.717, 1.165) is 5.56 Å². The Bertz CT molecular complexity index is 980. The fourth-order valence-electron chi connectivity index (χ4n) is 3.13. The molecule has 0 aliphatic carbocycles. The first-order valence-electron chi connectivity index (χ1n) is 9.58. The minimum absolute atomic E-state index is 0.159. The van der Waals surface area contributed by atoms with Crippen LogP contribution in [0.3, 0.4) is 0 Å². The van der Waals surface area contributed by atoms with E-state index in [9.17, 15) is 14.4 Å². The Balaban J connectivity index is 2.44. The van der Waals surface area contributed by atoms with Gasteiger partial charge in [-0.1, -0.05) is 13.0 Å². The molecule has 2 rings (SSSR count). The van der Waals surface area contributed by atoms with Gasteiger partial charge in [0, 0.05) is 32.4 Å². The first kappa shape index (κ1) is 23.7. The van der Waals surface area contributed by atoms with E-state index >= 15 is 0 Å². The van der Waals surface area contributed by atoms with Gasteiger partial charge in [0.2, 0.25) is 0 Å². The second-order valence-corrected chi connectivity index (χ2v) is 6.91. The average molecular weight is 430 g/mol. The predicted octanol–water partition coefficient (Wildman–Crippen LogP) is 3.83. The summed E-state index contributed by atoms with van der Waals surface area (Å²) < 4.78 is 26.4. The van der Waals surface area contributed by atoms with Crippen molar-refractivity contribution in [3.8, 4) is 28.7 Å². The van der Waals surface area contributed by atoms with E-state index in [1.807, 2.05) is 13.0 Å². The van der Waals surface area contributed by atoms with Gasteiger partial charge in [-0.2, -0.15) is 0 Å². The van der Waals surface area contributed by atoms with Gasteiger partial charge >= 0.3 is 17.9 Å². The van der Waals surface area contributed by atoms with Crippen molar-refractivity contribution in [1.82, 2.24) is 0 Å². The molecular weight excluding hydrogens is 404 g/mol. The van der Waals surface area contributed by atoms with E-state index in [4.69, 9.17) is 23.7 Å². The van der Waals surface area contributed by atoms with Crippen molar-refractivity contribution < 1.29 is 38.1 Å². The van der Waals surface area contributed by atoms with E-state index in [2.05, 4.69) is 0 Å². The SMILES string of the molecule is COc1ccc(C[C@@H](C)c2cc(OC(C)=O)c(OC)cc2OC(C)=O)cc1OC(C)=O. The van der Waals surface area contributed by atoms with Gasteiger partial charge in [0.15, 0.2) is 23.0 Å². The molecule has 2 aromatic carbocycles. The molecule has 0 saturated heterocycles. The Labute approximate surface area is 181 Å². The van der Waals surface area contributed by atoms with Gasteiger partial charge in [0.25, 0.3) is 0 Å². The van der Waals surface area contributed by atoms with E-state index in [-0.39, 0.29) is 17.4 Å². The van der Waals surface area contributed by atoms with Crippen molar-refractivity contribution in [2.75, 3.05) is 14.2 Å². The largest absolute Gasteiger partial charge is 0.493 e. The van der Waals surface area contributed by atoms with Crippen molar-refractivity contribution in [2.24, 2.45) is 0 Å². The minimum atomic E-state index is -0.502. The molecule has 8 heteroatoms. The van der Waals surface area contributed by atoms with Gasteiger partial charge in [-0.15, -0.1) is 0 Å². The quantitative estimate of drug-likeness (QED) is 0.460. The topological polar surface area (TPSA) is 97.4 Å². The Morgan fingerprint density at radius 2 is 1.23 bits per heavy atom. The Hall–Kier alpha value is -3.55. The number of hydrogen-bond acceptors (Lipinski definition) is 8. The van der Waals surface area contributed by atoms with Crippen LogP contribution in [0, 0.1) is 0 Å². The molecule has 0 unspecified atom stereocenters. The van der Waals surface area contributed by atoms with Gasteiger partial charge in [-0.3, -0.25) is 14.4 Å². The van der Waals surface area contributed by atoms with Gasteiger partial charge < -0.3 is 23.7 Å². The van der Waals surface area contributed by atoms with Gasteiger partial charge in [-0.05, 0) is 36.1 Å². The van der Waals surface area contributed by atoms with Crippen LogP contribution in [0.2, 0.25) is 0 Å². The summed E-state index contributed by atoms with van der Waals surface area (Å²) in [6.45, 7) is 5.84. The highest BCUT2D eigenvalue weighted by Crippen LogP contribution is 2.40. The van der Waals surface area contributed by atoms with Gasteiger partial charge in [0.1, 0.15) is 5.75 Å². The zero-order valence-corrected chi connectivity index (χ0v) is 18.4. The van der Waals surface area contributed by atoms with Crippen molar-refractivity contribution in [2.45, 2.75) is 40.0 Å². The maximum Gasteiger partial charge on any atom is 0.308 e. The van der Waals surface area contributed by atoms with E-state index in [0.29, 0.717) is 29.2 Å². The summed E-state index contributed by atoms with van der Waals surface area (Å²) >= 11 is 0. The third-order valence-corrected chi connectivity index (χ3v) is 4.36. The second kappa shape index (κ2) is 10.5. The summed E-state index contributed by atoms with van der Waals surface area (Å²) in [5.74, 6) is -0.0526. The summed E-state index contributed by atoms with van der Waals surface area (Å²) in [6, 6.07) is 8.43. The van der Waals surface area contributed by atoms with E-state index < -0.39 is 17.9 Å². The summed E-state index contributed by atoms with van der Waals surface area (Å²) in [6.07, 6.45) is 0.512. The zero-order chi connectivity index (χ0) is 23.1. The highest BCUT2D eigenvalue weighted by Gasteiger charge is 2.21. The van der Waals surface area contributed by atoms with Crippen LogP contribution < -0.4 is 23.7 Å². The summed E-state index contributed by atoms with van der Waals surface area (Å²) in [5.41, 5.74) is 1.51. The Morgan fingerprint density at radius 1 is 0.710 bits per heavy atom. The molecule has 0 fully saturated rings. The summed E-state index contributed by atoms with van der Waals surface area (Å²) in [5, 5.41) is 0. The highest BCUT2D eigenvalue weighted by atomic mass is 16.6. The number of rotatable bonds is 8. The van der Waals surface area contributed by atoms with E-state index in [1.54, 1.807) is 18.2 Å². The molecule has 0 saturated carbocycles. The smallest absolute Gasteiger partial charge is 0.308 e. The molecule has 0 N–H and O–H groups in total. The first-order chi connectivity index (χ1) is 14.6. The van der Waals surface area contributed by atoms with Crippen LogP contribution in [0.1, 0.15) is 44.7 Å². The van der Waals surface area contributed by atoms with Crippen molar-refractivity contribution in [3.05, 3.63) is 41.5 Å². The van der Waals surface area contributed by atoms with Crippen LogP contribution in [-0.4, -0.2) is 32.1 Å². The van der Waals surface area contributed by atoms with Gasteiger partial charge in [0.05, 0.1) is 14.2 Å². The van der Waals surface area contributed by atoms with Crippen molar-refractivity contribution in [1.29, 1.82) is 0 Å². The number of ether oxygens (including phenoxy) is 5. The van der Waals surface area contributed by atoms with E-state index in [1.165, 1.54) is 41.1 Å². The van der Waals surface area contributed by atoms with Crippen LogP contribution in [-0.2, 0) is 20.8 Å². The summed E-state index contributed by atoms with van der Waals surface area (Å²) in [7, 11) is 2.92. The molecule has 0 aromatic heterocycles. The number of methoxy groups -OCH3 is 2. The third-order valence-electron chi connectivity index (χ3n) is 4.36. The minimum Gasteiger partial charge on any atom is -0.493 e. The van der Waals surface area contributed by atoms with Crippen molar-refractivity contribution in [3.63, 3.8) is 0 Å². The fourth-order valence-corrected chi connectivity index (χ4v) is 3.13.